The zero-order valence-electron chi connectivity index (χ0n) is 19.7. The number of carbonyl (C=O) groups is 1. The predicted octanol–water partition coefficient (Wildman–Crippen LogP) is 5.85. The molecule has 0 spiro atoms. The molecule has 0 radical (unpaired) electrons. The van der Waals surface area contributed by atoms with Gasteiger partial charge in [-0.15, -0.1) is 0 Å². The van der Waals surface area contributed by atoms with Crippen molar-refractivity contribution in [2.45, 2.75) is 25.6 Å². The third-order valence-corrected chi connectivity index (χ3v) is 6.13. The standard InChI is InChI=1S/C27H26F3NO4/c1-17-7-9-18(10-8-17)26(32)31-12-11-19-13-24(33-2)25(34-3)15-22(19)23(31)16-35-21-6-4-5-20(14-21)27(28,29)30/h4-10,13-15,23H,11-12,16H2,1-3H3. The molecular formula is C27H26F3NO4. The van der Waals surface area contributed by atoms with Crippen molar-refractivity contribution in [2.75, 3.05) is 27.4 Å². The van der Waals surface area contributed by atoms with Crippen LogP contribution in [0.3, 0.4) is 0 Å². The molecule has 8 heteroatoms. The van der Waals surface area contributed by atoms with Crippen LogP contribution in [0, 0.1) is 6.92 Å². The normalized spacial score (nSPS) is 15.4. The summed E-state index contributed by atoms with van der Waals surface area (Å²) in [6, 6.07) is 15.1. The molecule has 1 heterocycles. The maximum Gasteiger partial charge on any atom is 0.416 e. The van der Waals surface area contributed by atoms with Gasteiger partial charge in [-0.2, -0.15) is 13.2 Å². The molecular weight excluding hydrogens is 459 g/mol. The highest BCUT2D eigenvalue weighted by Crippen LogP contribution is 2.39. The summed E-state index contributed by atoms with van der Waals surface area (Å²) in [6.07, 6.45) is -3.89. The van der Waals surface area contributed by atoms with Gasteiger partial charge in [-0.1, -0.05) is 23.8 Å². The van der Waals surface area contributed by atoms with Crippen molar-refractivity contribution in [3.05, 3.63) is 88.5 Å². The summed E-state index contributed by atoms with van der Waals surface area (Å²) in [5.41, 5.74) is 2.54. The highest BCUT2D eigenvalue weighted by molar-refractivity contribution is 5.94. The average molecular weight is 486 g/mol. The quantitative estimate of drug-likeness (QED) is 0.440. The number of amides is 1. The van der Waals surface area contributed by atoms with E-state index in [0.29, 0.717) is 30.0 Å². The fourth-order valence-corrected chi connectivity index (χ4v) is 4.25. The van der Waals surface area contributed by atoms with Crippen molar-refractivity contribution >= 4 is 5.91 Å². The molecule has 1 aliphatic heterocycles. The van der Waals surface area contributed by atoms with Crippen LogP contribution >= 0.6 is 0 Å². The first-order chi connectivity index (χ1) is 16.7. The summed E-state index contributed by atoms with van der Waals surface area (Å²) in [5, 5.41) is 0. The number of fused-ring (bicyclic) bond motifs is 1. The molecule has 1 amide bonds. The second kappa shape index (κ2) is 9.90. The van der Waals surface area contributed by atoms with Crippen LogP contribution in [0.5, 0.6) is 17.2 Å². The Morgan fingerprint density at radius 3 is 2.34 bits per heavy atom. The van der Waals surface area contributed by atoms with Crippen LogP contribution in [0.25, 0.3) is 0 Å². The number of aryl methyl sites for hydroxylation is 1. The van der Waals surface area contributed by atoms with E-state index in [2.05, 4.69) is 0 Å². The molecule has 3 aromatic carbocycles. The molecule has 0 saturated heterocycles. The van der Waals surface area contributed by atoms with Crippen molar-refractivity contribution in [3.63, 3.8) is 0 Å². The number of hydrogen-bond donors (Lipinski definition) is 0. The van der Waals surface area contributed by atoms with Crippen LogP contribution < -0.4 is 14.2 Å². The van der Waals surface area contributed by atoms with E-state index in [1.165, 1.54) is 19.2 Å². The van der Waals surface area contributed by atoms with Crippen molar-refractivity contribution in [1.29, 1.82) is 0 Å². The van der Waals surface area contributed by atoms with Crippen LogP contribution in [0.1, 0.15) is 38.7 Å². The number of ether oxygens (including phenoxy) is 3. The monoisotopic (exact) mass is 485 g/mol. The van der Waals surface area contributed by atoms with Gasteiger partial charge in [0, 0.05) is 12.1 Å². The van der Waals surface area contributed by atoms with Crippen molar-refractivity contribution in [2.24, 2.45) is 0 Å². The van der Waals surface area contributed by atoms with E-state index in [4.69, 9.17) is 14.2 Å². The topological polar surface area (TPSA) is 48.0 Å². The van der Waals surface area contributed by atoms with Crippen molar-refractivity contribution in [3.8, 4) is 17.2 Å². The van der Waals surface area contributed by atoms with Crippen LogP contribution in [-0.2, 0) is 12.6 Å². The molecule has 3 aromatic rings. The molecule has 184 valence electrons. The zero-order chi connectivity index (χ0) is 25.2. The number of hydrogen-bond acceptors (Lipinski definition) is 4. The van der Waals surface area contributed by atoms with Crippen LogP contribution in [-0.4, -0.2) is 38.2 Å². The lowest BCUT2D eigenvalue weighted by molar-refractivity contribution is -0.137. The van der Waals surface area contributed by atoms with E-state index in [9.17, 15) is 18.0 Å². The number of alkyl halides is 3. The second-order valence-corrected chi connectivity index (χ2v) is 8.37. The summed E-state index contributed by atoms with van der Waals surface area (Å²) >= 11 is 0. The van der Waals surface area contributed by atoms with Gasteiger partial charge >= 0.3 is 6.18 Å². The van der Waals surface area contributed by atoms with Crippen LogP contribution in [0.4, 0.5) is 13.2 Å². The van der Waals surface area contributed by atoms with Gasteiger partial charge in [-0.3, -0.25) is 4.79 Å². The molecule has 0 bridgehead atoms. The lowest BCUT2D eigenvalue weighted by atomic mass is 9.91. The van der Waals surface area contributed by atoms with Crippen LogP contribution in [0.15, 0.2) is 60.7 Å². The highest BCUT2D eigenvalue weighted by Gasteiger charge is 2.34. The third-order valence-electron chi connectivity index (χ3n) is 6.13. The van der Waals surface area contributed by atoms with Crippen LogP contribution in [0.2, 0.25) is 0 Å². The van der Waals surface area contributed by atoms with Gasteiger partial charge in [0.05, 0.1) is 25.8 Å². The minimum absolute atomic E-state index is 0.0264. The van der Waals surface area contributed by atoms with E-state index in [1.54, 1.807) is 24.1 Å². The summed E-state index contributed by atoms with van der Waals surface area (Å²) in [6.45, 7) is 2.34. The fourth-order valence-electron chi connectivity index (χ4n) is 4.25. The zero-order valence-corrected chi connectivity index (χ0v) is 19.7. The Kier molecular flexibility index (Phi) is 6.91. The molecule has 5 nitrogen and oxygen atoms in total. The summed E-state index contributed by atoms with van der Waals surface area (Å²) in [7, 11) is 3.07. The molecule has 4 rings (SSSR count). The maximum atomic E-state index is 13.5. The average Bonchev–Trinajstić information content (AvgIpc) is 2.86. The Morgan fingerprint density at radius 2 is 1.69 bits per heavy atom. The van der Waals surface area contributed by atoms with Gasteiger partial charge in [-0.05, 0) is 66.9 Å². The van der Waals surface area contributed by atoms with E-state index in [0.717, 1.165) is 28.8 Å². The second-order valence-electron chi connectivity index (χ2n) is 8.37. The van der Waals surface area contributed by atoms with Gasteiger partial charge in [0.2, 0.25) is 0 Å². The molecule has 0 aromatic heterocycles. The number of methoxy groups -OCH3 is 2. The van der Waals surface area contributed by atoms with Gasteiger partial charge in [-0.25, -0.2) is 0 Å². The SMILES string of the molecule is COc1cc2c(cc1OC)C(COc1cccc(C(F)(F)F)c1)N(C(=O)c1ccc(C)cc1)CC2. The Hall–Kier alpha value is -3.68. The Morgan fingerprint density at radius 1 is 1.00 bits per heavy atom. The molecule has 0 fully saturated rings. The lowest BCUT2D eigenvalue weighted by Gasteiger charge is -2.37. The number of carbonyl (C=O) groups excluding carboxylic acids is 1. The number of benzene rings is 3. The molecule has 0 N–H and O–H groups in total. The summed E-state index contributed by atoms with van der Waals surface area (Å²) in [5.74, 6) is 0.972. The first-order valence-corrected chi connectivity index (χ1v) is 11.1. The number of rotatable bonds is 6. The highest BCUT2D eigenvalue weighted by atomic mass is 19.4. The molecule has 35 heavy (non-hydrogen) atoms. The first kappa shape index (κ1) is 24.4. The maximum absolute atomic E-state index is 13.5. The minimum atomic E-state index is -4.48. The first-order valence-electron chi connectivity index (χ1n) is 11.1. The van der Waals surface area contributed by atoms with Crippen molar-refractivity contribution < 1.29 is 32.2 Å². The van der Waals surface area contributed by atoms with Crippen molar-refractivity contribution in [1.82, 2.24) is 4.90 Å². The summed E-state index contributed by atoms with van der Waals surface area (Å²) < 4.78 is 56.2. The van der Waals surface area contributed by atoms with Gasteiger partial charge in [0.25, 0.3) is 5.91 Å². The van der Waals surface area contributed by atoms with Gasteiger partial charge in [0.1, 0.15) is 12.4 Å². The molecule has 1 atom stereocenters. The fraction of sp³-hybridized carbons (Fsp3) is 0.296. The molecule has 1 aliphatic rings. The Labute approximate surface area is 202 Å². The Bertz CT molecular complexity index is 1210. The van der Waals surface area contributed by atoms with E-state index < -0.39 is 17.8 Å². The van der Waals surface area contributed by atoms with Gasteiger partial charge < -0.3 is 19.1 Å². The predicted molar refractivity (Wildman–Crippen MR) is 125 cm³/mol. The lowest BCUT2D eigenvalue weighted by Crippen LogP contribution is -2.42. The van der Waals surface area contributed by atoms with E-state index in [-0.39, 0.29) is 18.3 Å². The number of nitrogens with zero attached hydrogens (tertiary/aromatic N) is 1. The van der Waals surface area contributed by atoms with E-state index in [1.807, 2.05) is 31.2 Å². The van der Waals surface area contributed by atoms with Gasteiger partial charge in [0.15, 0.2) is 11.5 Å². The molecule has 1 unspecified atom stereocenters. The smallest absolute Gasteiger partial charge is 0.416 e. The largest absolute Gasteiger partial charge is 0.493 e. The molecule has 0 saturated carbocycles. The molecule has 0 aliphatic carbocycles. The third kappa shape index (κ3) is 5.21. The Balaban J connectivity index is 1.69. The summed E-state index contributed by atoms with van der Waals surface area (Å²) in [4.78, 5) is 15.2. The number of halogens is 3. The minimum Gasteiger partial charge on any atom is -0.493 e. The van der Waals surface area contributed by atoms with E-state index >= 15 is 0 Å².